The number of sulfonamides is 1. The molecule has 0 aliphatic heterocycles. The van der Waals surface area contributed by atoms with Crippen molar-refractivity contribution in [2.75, 3.05) is 4.72 Å². The number of carboxylic acid groups (broad SMARTS) is 1. The van der Waals surface area contributed by atoms with Crippen molar-refractivity contribution in [3.8, 4) is 5.69 Å². The van der Waals surface area contributed by atoms with E-state index in [9.17, 15) is 26.4 Å². The molecule has 0 aliphatic rings. The molecular weight excluding hydrogens is 435 g/mol. The third-order valence-electron chi connectivity index (χ3n) is 3.75. The lowest BCUT2D eigenvalue weighted by molar-refractivity contribution is -0.137. The minimum atomic E-state index is -4.75. The van der Waals surface area contributed by atoms with Crippen LogP contribution < -0.4 is 4.72 Å². The molecule has 0 fully saturated rings. The minimum Gasteiger partial charge on any atom is -0.476 e. The van der Waals surface area contributed by atoms with Gasteiger partial charge in [0.2, 0.25) is 0 Å². The third-order valence-corrected chi connectivity index (χ3v) is 5.60. The Morgan fingerprint density at radius 1 is 1.14 bits per heavy atom. The van der Waals surface area contributed by atoms with E-state index in [1.807, 2.05) is 0 Å². The van der Waals surface area contributed by atoms with Gasteiger partial charge >= 0.3 is 12.1 Å². The summed E-state index contributed by atoms with van der Waals surface area (Å²) in [7, 11) is -4.51. The number of rotatable bonds is 5. The average Bonchev–Trinajstić information content (AvgIpc) is 3.11. The highest BCUT2D eigenvalue weighted by Crippen LogP contribution is 2.34. The highest BCUT2D eigenvalue weighted by atomic mass is 35.5. The third kappa shape index (κ3) is 4.35. The fourth-order valence-corrected chi connectivity index (χ4v) is 4.02. The summed E-state index contributed by atoms with van der Waals surface area (Å²) in [6.07, 6.45) is -3.46. The fraction of sp³-hybridized carbons (Fsp3) is 0.0588. The van der Waals surface area contributed by atoms with Crippen LogP contribution >= 0.6 is 11.6 Å². The van der Waals surface area contributed by atoms with Gasteiger partial charge in [-0.15, -0.1) is 0 Å². The summed E-state index contributed by atoms with van der Waals surface area (Å²) in [6, 6.07) is 8.98. The summed E-state index contributed by atoms with van der Waals surface area (Å²) in [5.41, 5.74) is -1.33. The fourth-order valence-electron chi connectivity index (χ4n) is 2.42. The topological polar surface area (TPSA) is 101 Å². The van der Waals surface area contributed by atoms with Gasteiger partial charge < -0.3 is 5.11 Å². The van der Waals surface area contributed by atoms with E-state index in [0.717, 1.165) is 10.7 Å². The first kappa shape index (κ1) is 20.7. The van der Waals surface area contributed by atoms with Crippen molar-refractivity contribution < 1.29 is 31.5 Å². The molecule has 0 saturated carbocycles. The van der Waals surface area contributed by atoms with E-state index in [1.54, 1.807) is 6.07 Å². The number of nitrogens with zero attached hydrogens (tertiary/aromatic N) is 2. The molecule has 0 bridgehead atoms. The summed E-state index contributed by atoms with van der Waals surface area (Å²) in [5, 5.41) is 12.4. The normalized spacial score (nSPS) is 12.0. The van der Waals surface area contributed by atoms with E-state index in [1.165, 1.54) is 30.5 Å². The lowest BCUT2D eigenvalue weighted by Crippen LogP contribution is -2.16. The largest absolute Gasteiger partial charge is 0.476 e. The Kier molecular flexibility index (Phi) is 5.28. The molecule has 3 rings (SSSR count). The van der Waals surface area contributed by atoms with Crippen LogP contribution in [0.25, 0.3) is 5.69 Å². The first-order valence-electron chi connectivity index (χ1n) is 7.77. The number of hydrogen-bond acceptors (Lipinski definition) is 4. The molecule has 0 amide bonds. The van der Waals surface area contributed by atoms with Crippen molar-refractivity contribution >= 4 is 33.3 Å². The number of para-hydroxylation sites is 2. The van der Waals surface area contributed by atoms with Gasteiger partial charge in [0.05, 0.1) is 22.0 Å². The van der Waals surface area contributed by atoms with Crippen LogP contribution in [0.1, 0.15) is 16.1 Å². The first-order valence-corrected chi connectivity index (χ1v) is 9.63. The van der Waals surface area contributed by atoms with Crippen LogP contribution in [0.3, 0.4) is 0 Å². The van der Waals surface area contributed by atoms with E-state index in [0.29, 0.717) is 12.1 Å². The van der Waals surface area contributed by atoms with Crippen molar-refractivity contribution in [2.45, 2.75) is 11.1 Å². The number of aromatic nitrogens is 2. The summed E-state index contributed by atoms with van der Waals surface area (Å²) in [4.78, 5) is 10.2. The first-order chi connectivity index (χ1) is 13.5. The van der Waals surface area contributed by atoms with Gasteiger partial charge in [-0.3, -0.25) is 4.72 Å². The van der Waals surface area contributed by atoms with Gasteiger partial charge in [-0.25, -0.2) is 17.9 Å². The van der Waals surface area contributed by atoms with Crippen molar-refractivity contribution in [2.24, 2.45) is 0 Å². The monoisotopic (exact) mass is 445 g/mol. The smallest absolute Gasteiger partial charge is 0.416 e. The molecule has 152 valence electrons. The second kappa shape index (κ2) is 7.41. The molecule has 2 N–H and O–H groups in total. The van der Waals surface area contributed by atoms with Crippen molar-refractivity contribution in [1.29, 1.82) is 0 Å². The van der Waals surface area contributed by atoms with E-state index in [2.05, 4.69) is 9.82 Å². The number of carbonyl (C=O) groups is 1. The molecular formula is C17H11ClF3N3O4S. The number of nitrogens with one attached hydrogen (secondary N) is 1. The predicted octanol–water partition coefficient (Wildman–Crippen LogP) is 4.04. The molecule has 0 radical (unpaired) electrons. The van der Waals surface area contributed by atoms with Crippen LogP contribution in [0, 0.1) is 0 Å². The zero-order valence-electron chi connectivity index (χ0n) is 14.2. The van der Waals surface area contributed by atoms with E-state index < -0.39 is 37.7 Å². The van der Waals surface area contributed by atoms with E-state index >= 15 is 0 Å². The summed E-state index contributed by atoms with van der Waals surface area (Å²) in [5.74, 6) is -1.28. The highest BCUT2D eigenvalue weighted by molar-refractivity contribution is 7.92. The van der Waals surface area contributed by atoms with E-state index in [-0.39, 0.29) is 17.1 Å². The predicted molar refractivity (Wildman–Crippen MR) is 97.8 cm³/mol. The van der Waals surface area contributed by atoms with E-state index in [4.69, 9.17) is 16.7 Å². The van der Waals surface area contributed by atoms with Crippen LogP contribution in [0.4, 0.5) is 18.9 Å². The minimum absolute atomic E-state index is 0.0407. The Morgan fingerprint density at radius 3 is 2.45 bits per heavy atom. The molecule has 0 spiro atoms. The van der Waals surface area contributed by atoms with Crippen LogP contribution in [0.15, 0.2) is 59.6 Å². The number of anilines is 1. The molecule has 2 aromatic carbocycles. The molecule has 0 atom stereocenters. The molecule has 1 heterocycles. The Labute approximate surface area is 167 Å². The quantitative estimate of drug-likeness (QED) is 0.617. The maximum atomic E-state index is 12.9. The Morgan fingerprint density at radius 2 is 1.83 bits per heavy atom. The van der Waals surface area contributed by atoms with Gasteiger partial charge in [0.15, 0.2) is 5.69 Å². The molecule has 3 aromatic rings. The maximum absolute atomic E-state index is 12.9. The summed E-state index contributed by atoms with van der Waals surface area (Å²) >= 11 is 5.82. The number of hydrogen-bond donors (Lipinski definition) is 2. The molecule has 0 saturated heterocycles. The average molecular weight is 446 g/mol. The lowest BCUT2D eigenvalue weighted by atomic mass is 10.2. The lowest BCUT2D eigenvalue weighted by Gasteiger charge is -2.15. The summed E-state index contributed by atoms with van der Waals surface area (Å²) < 4.78 is 67.6. The number of halogens is 4. The van der Waals surface area contributed by atoms with Crippen LogP contribution in [0.2, 0.25) is 5.02 Å². The summed E-state index contributed by atoms with van der Waals surface area (Å²) in [6.45, 7) is 0. The second-order valence-corrected chi connectivity index (χ2v) is 7.77. The molecule has 29 heavy (non-hydrogen) atoms. The van der Waals surface area contributed by atoms with Crippen molar-refractivity contribution in [3.63, 3.8) is 0 Å². The highest BCUT2D eigenvalue weighted by Gasteiger charge is 2.33. The van der Waals surface area contributed by atoms with Gasteiger partial charge in [0.1, 0.15) is 4.90 Å². The van der Waals surface area contributed by atoms with Gasteiger partial charge in [-0.2, -0.15) is 18.3 Å². The molecule has 0 aliphatic carbocycles. The van der Waals surface area contributed by atoms with Crippen molar-refractivity contribution in [3.05, 3.63) is 71.0 Å². The molecule has 7 nitrogen and oxygen atoms in total. The van der Waals surface area contributed by atoms with Gasteiger partial charge in [0, 0.05) is 6.20 Å². The molecule has 12 heteroatoms. The van der Waals surface area contributed by atoms with Gasteiger partial charge in [-0.05, 0) is 36.4 Å². The van der Waals surface area contributed by atoms with Crippen LogP contribution in [0.5, 0.6) is 0 Å². The number of alkyl halides is 3. The number of aromatic carboxylic acids is 1. The standard InChI is InChI=1S/C17H11ClF3N3O4S/c18-11-6-5-10(17(19,20)21)9-15(11)29(27,28)23-12-3-1-2-4-14(12)24-8-7-13(22-24)16(25)26/h1-9,23H,(H,25,26). The Hall–Kier alpha value is -3.05. The van der Waals surface area contributed by atoms with Crippen molar-refractivity contribution in [1.82, 2.24) is 9.78 Å². The maximum Gasteiger partial charge on any atom is 0.416 e. The Bertz CT molecular complexity index is 1190. The zero-order valence-corrected chi connectivity index (χ0v) is 15.8. The van der Waals surface area contributed by atoms with Crippen LogP contribution in [-0.2, 0) is 16.2 Å². The SMILES string of the molecule is O=C(O)c1ccn(-c2ccccc2NS(=O)(=O)c2cc(C(F)(F)F)ccc2Cl)n1. The van der Waals surface area contributed by atoms with Crippen LogP contribution in [-0.4, -0.2) is 29.3 Å². The molecule has 0 unspecified atom stereocenters. The number of benzene rings is 2. The van der Waals surface area contributed by atoms with Gasteiger partial charge in [-0.1, -0.05) is 23.7 Å². The number of carboxylic acids is 1. The Balaban J connectivity index is 2.03. The zero-order chi connectivity index (χ0) is 21.4. The molecule has 1 aromatic heterocycles. The van der Waals surface area contributed by atoms with Gasteiger partial charge in [0.25, 0.3) is 10.0 Å². The second-order valence-electron chi connectivity index (χ2n) is 5.72.